The second kappa shape index (κ2) is 8.74. The molecule has 1 amide bonds. The summed E-state index contributed by atoms with van der Waals surface area (Å²) in [6.45, 7) is 8.48. The Kier molecular flexibility index (Phi) is 5.88. The lowest BCUT2D eigenvalue weighted by molar-refractivity contribution is 0.0677. The molecule has 5 heteroatoms. The number of aryl methyl sites for hydroxylation is 1. The molecule has 1 saturated heterocycles. The van der Waals surface area contributed by atoms with Crippen LogP contribution in [0.5, 0.6) is 5.75 Å². The number of hydrogen-bond donors (Lipinski definition) is 1. The van der Waals surface area contributed by atoms with E-state index in [9.17, 15) is 4.79 Å². The van der Waals surface area contributed by atoms with Gasteiger partial charge in [0.25, 0.3) is 5.91 Å². The van der Waals surface area contributed by atoms with Crippen LogP contribution in [0.4, 0.5) is 11.4 Å². The Morgan fingerprint density at radius 3 is 2.73 bits per heavy atom. The molecule has 0 saturated carbocycles. The smallest absolute Gasteiger partial charge is 0.272 e. The molecule has 1 aliphatic heterocycles. The average molecular weight is 404 g/mol. The van der Waals surface area contributed by atoms with Crippen LogP contribution in [0.1, 0.15) is 42.7 Å². The van der Waals surface area contributed by atoms with Crippen molar-refractivity contribution in [3.8, 4) is 5.75 Å². The van der Waals surface area contributed by atoms with Crippen molar-refractivity contribution in [1.82, 2.24) is 9.88 Å². The second-order valence-corrected chi connectivity index (χ2v) is 8.16. The Morgan fingerprint density at radius 2 is 2.00 bits per heavy atom. The number of fused-ring (bicyclic) bond motifs is 1. The third-order valence-corrected chi connectivity index (χ3v) is 5.57. The van der Waals surface area contributed by atoms with Crippen molar-refractivity contribution in [2.45, 2.75) is 33.6 Å². The molecule has 1 N–H and O–H groups in total. The molecule has 5 nitrogen and oxygen atoms in total. The van der Waals surface area contributed by atoms with E-state index in [-0.39, 0.29) is 5.91 Å². The van der Waals surface area contributed by atoms with E-state index in [2.05, 4.69) is 25.2 Å². The molecule has 30 heavy (non-hydrogen) atoms. The minimum absolute atomic E-state index is 0.0127. The molecule has 0 unspecified atom stereocenters. The zero-order valence-electron chi connectivity index (χ0n) is 17.9. The Morgan fingerprint density at radius 1 is 1.20 bits per heavy atom. The van der Waals surface area contributed by atoms with Crippen molar-refractivity contribution < 1.29 is 9.53 Å². The van der Waals surface area contributed by atoms with Gasteiger partial charge in [-0.3, -0.25) is 4.79 Å². The first-order chi connectivity index (χ1) is 14.5. The number of aromatic nitrogens is 1. The number of pyridine rings is 1. The van der Waals surface area contributed by atoms with Crippen molar-refractivity contribution in [3.05, 3.63) is 59.8 Å². The molecule has 0 aliphatic carbocycles. The zero-order valence-corrected chi connectivity index (χ0v) is 17.9. The Labute approximate surface area is 178 Å². The van der Waals surface area contributed by atoms with Gasteiger partial charge in [-0.25, -0.2) is 4.98 Å². The van der Waals surface area contributed by atoms with E-state index in [0.29, 0.717) is 18.2 Å². The maximum Gasteiger partial charge on any atom is 0.272 e. The summed E-state index contributed by atoms with van der Waals surface area (Å²) < 4.78 is 5.54. The van der Waals surface area contributed by atoms with Gasteiger partial charge in [-0.15, -0.1) is 0 Å². The third-order valence-electron chi connectivity index (χ3n) is 5.57. The van der Waals surface area contributed by atoms with Gasteiger partial charge in [-0.2, -0.15) is 0 Å². The summed E-state index contributed by atoms with van der Waals surface area (Å²) in [7, 11) is 0. The summed E-state index contributed by atoms with van der Waals surface area (Å²) in [5, 5.41) is 4.49. The van der Waals surface area contributed by atoms with Gasteiger partial charge in [0.1, 0.15) is 11.4 Å². The largest absolute Gasteiger partial charge is 0.494 e. The normalized spacial score (nSPS) is 16.5. The summed E-state index contributed by atoms with van der Waals surface area (Å²) in [6, 6.07) is 15.9. The SMILES string of the molecule is CCOc1ccc(Nc2cc(C(=O)N3CCC[C@H](C)C3)nc3ccc(C)cc23)cc1. The van der Waals surface area contributed by atoms with Crippen LogP contribution in [-0.4, -0.2) is 35.5 Å². The van der Waals surface area contributed by atoms with Gasteiger partial charge in [0, 0.05) is 24.2 Å². The van der Waals surface area contributed by atoms with Crippen LogP contribution in [0.2, 0.25) is 0 Å². The number of anilines is 2. The van der Waals surface area contributed by atoms with Crippen molar-refractivity contribution >= 4 is 28.2 Å². The fourth-order valence-corrected chi connectivity index (χ4v) is 4.05. The van der Waals surface area contributed by atoms with Crippen LogP contribution in [0, 0.1) is 12.8 Å². The van der Waals surface area contributed by atoms with E-state index >= 15 is 0 Å². The molecule has 1 fully saturated rings. The lowest BCUT2D eigenvalue weighted by Gasteiger charge is -2.30. The van der Waals surface area contributed by atoms with Gasteiger partial charge in [0.2, 0.25) is 0 Å². The number of hydrogen-bond acceptors (Lipinski definition) is 4. The fourth-order valence-electron chi connectivity index (χ4n) is 4.05. The molecule has 4 rings (SSSR count). The highest BCUT2D eigenvalue weighted by Crippen LogP contribution is 2.29. The van der Waals surface area contributed by atoms with Crippen LogP contribution >= 0.6 is 0 Å². The maximum atomic E-state index is 13.2. The lowest BCUT2D eigenvalue weighted by atomic mass is 10.00. The van der Waals surface area contributed by atoms with E-state index in [1.807, 2.05) is 54.3 Å². The van der Waals surface area contributed by atoms with Crippen LogP contribution < -0.4 is 10.1 Å². The lowest BCUT2D eigenvalue weighted by Crippen LogP contribution is -2.39. The molecule has 1 aliphatic rings. The van der Waals surface area contributed by atoms with E-state index < -0.39 is 0 Å². The summed E-state index contributed by atoms with van der Waals surface area (Å²) in [5.74, 6) is 1.39. The summed E-state index contributed by atoms with van der Waals surface area (Å²) >= 11 is 0. The third kappa shape index (κ3) is 4.40. The number of carbonyl (C=O) groups excluding carboxylic acids is 1. The van der Waals surface area contributed by atoms with E-state index in [4.69, 9.17) is 9.72 Å². The molecule has 1 atom stereocenters. The van der Waals surface area contributed by atoms with Crippen LogP contribution in [0.15, 0.2) is 48.5 Å². The highest BCUT2D eigenvalue weighted by Gasteiger charge is 2.24. The molecule has 0 bridgehead atoms. The maximum absolute atomic E-state index is 13.2. The number of likely N-dealkylation sites (tertiary alicyclic amines) is 1. The minimum Gasteiger partial charge on any atom is -0.494 e. The molecule has 1 aromatic heterocycles. The molecule has 0 spiro atoms. The van der Waals surface area contributed by atoms with Crippen molar-refractivity contribution in [2.24, 2.45) is 5.92 Å². The predicted molar refractivity (Wildman–Crippen MR) is 122 cm³/mol. The number of amides is 1. The summed E-state index contributed by atoms with van der Waals surface area (Å²) in [4.78, 5) is 19.8. The highest BCUT2D eigenvalue weighted by molar-refractivity contribution is 6.00. The van der Waals surface area contributed by atoms with Crippen LogP contribution in [-0.2, 0) is 0 Å². The van der Waals surface area contributed by atoms with Gasteiger partial charge in [0.15, 0.2) is 0 Å². The second-order valence-electron chi connectivity index (χ2n) is 8.16. The highest BCUT2D eigenvalue weighted by atomic mass is 16.5. The zero-order chi connectivity index (χ0) is 21.1. The van der Waals surface area contributed by atoms with Crippen molar-refractivity contribution in [2.75, 3.05) is 25.0 Å². The minimum atomic E-state index is 0.0127. The number of benzene rings is 2. The fraction of sp³-hybridized carbons (Fsp3) is 0.360. The van der Waals surface area contributed by atoms with E-state index in [1.165, 1.54) is 6.42 Å². The first kappa shape index (κ1) is 20.2. The van der Waals surface area contributed by atoms with Crippen molar-refractivity contribution in [1.29, 1.82) is 0 Å². The molecular formula is C25H29N3O2. The van der Waals surface area contributed by atoms with E-state index in [1.54, 1.807) is 0 Å². The van der Waals surface area contributed by atoms with Gasteiger partial charge < -0.3 is 15.0 Å². The predicted octanol–water partition coefficient (Wildman–Crippen LogP) is 5.56. The quantitative estimate of drug-likeness (QED) is 0.606. The molecule has 3 aromatic rings. The number of rotatable bonds is 5. The van der Waals surface area contributed by atoms with Crippen LogP contribution in [0.25, 0.3) is 10.9 Å². The number of nitrogens with zero attached hydrogens (tertiary/aromatic N) is 2. The van der Waals surface area contributed by atoms with Gasteiger partial charge in [-0.05, 0) is 75.1 Å². The summed E-state index contributed by atoms with van der Waals surface area (Å²) in [6.07, 6.45) is 2.23. The molecule has 156 valence electrons. The average Bonchev–Trinajstić information content (AvgIpc) is 2.75. The van der Waals surface area contributed by atoms with Crippen LogP contribution in [0.3, 0.4) is 0 Å². The number of carbonyl (C=O) groups is 1. The summed E-state index contributed by atoms with van der Waals surface area (Å²) in [5.41, 5.74) is 4.31. The molecule has 2 aromatic carbocycles. The number of nitrogens with one attached hydrogen (secondary N) is 1. The first-order valence-corrected chi connectivity index (χ1v) is 10.7. The van der Waals surface area contributed by atoms with Gasteiger partial charge >= 0.3 is 0 Å². The van der Waals surface area contributed by atoms with E-state index in [0.717, 1.165) is 53.1 Å². The van der Waals surface area contributed by atoms with Crippen molar-refractivity contribution in [3.63, 3.8) is 0 Å². The van der Waals surface area contributed by atoms with Gasteiger partial charge in [-0.1, -0.05) is 18.6 Å². The topological polar surface area (TPSA) is 54.5 Å². The Hall–Kier alpha value is -3.08. The number of piperidine rings is 1. The molecular weight excluding hydrogens is 374 g/mol. The molecule has 2 heterocycles. The monoisotopic (exact) mass is 403 g/mol. The molecule has 0 radical (unpaired) electrons. The van der Waals surface area contributed by atoms with Gasteiger partial charge in [0.05, 0.1) is 17.8 Å². The Bertz CT molecular complexity index is 1050. The standard InChI is InChI=1S/C25H29N3O2/c1-4-30-20-10-8-19(9-11-20)26-23-15-24(25(29)28-13-5-6-18(3)16-28)27-22-12-7-17(2)14-21(22)23/h7-12,14-15,18H,4-6,13,16H2,1-3H3,(H,26,27)/t18-/m0/s1. The first-order valence-electron chi connectivity index (χ1n) is 10.7. The number of ether oxygens (including phenoxy) is 1. The Balaban J connectivity index is 1.69.